The first-order valence-electron chi connectivity index (χ1n) is 8.77. The summed E-state index contributed by atoms with van der Waals surface area (Å²) in [6.45, 7) is 1.71. The molecule has 0 saturated heterocycles. The van der Waals surface area contributed by atoms with Gasteiger partial charge in [0.15, 0.2) is 5.82 Å². The van der Waals surface area contributed by atoms with Gasteiger partial charge in [-0.05, 0) is 60.3 Å². The van der Waals surface area contributed by atoms with Crippen LogP contribution in [0.2, 0.25) is 10.0 Å². The van der Waals surface area contributed by atoms with Crippen molar-refractivity contribution in [3.63, 3.8) is 0 Å². The number of fused-ring (bicyclic) bond motifs is 1. The summed E-state index contributed by atoms with van der Waals surface area (Å²) in [6.07, 6.45) is 0. The molecule has 9 heteroatoms. The smallest absolute Gasteiger partial charge is 0.314 e. The number of rotatable bonds is 4. The second kappa shape index (κ2) is 8.18. The zero-order chi connectivity index (χ0) is 21.4. The molecule has 0 saturated carbocycles. The SMILES string of the molecule is Cc1cc2[nH]c(=O)c(=O)[nH]c2c(F)c1SNc1ccc(-c2cccc(Cl)c2)c(Cl)c1. The van der Waals surface area contributed by atoms with Crippen molar-refractivity contribution in [1.29, 1.82) is 0 Å². The Morgan fingerprint density at radius 3 is 2.50 bits per heavy atom. The van der Waals surface area contributed by atoms with Crippen LogP contribution in [0.4, 0.5) is 10.1 Å². The fourth-order valence-corrected chi connectivity index (χ4v) is 4.27. The van der Waals surface area contributed by atoms with Gasteiger partial charge in [-0.25, -0.2) is 4.39 Å². The van der Waals surface area contributed by atoms with Crippen LogP contribution in [0.5, 0.6) is 0 Å². The number of aromatic nitrogens is 2. The van der Waals surface area contributed by atoms with Crippen LogP contribution in [0.25, 0.3) is 22.2 Å². The third-order valence-corrected chi connectivity index (χ3v) is 6.07. The lowest BCUT2D eigenvalue weighted by Gasteiger charge is -2.12. The maximum atomic E-state index is 15.0. The van der Waals surface area contributed by atoms with Gasteiger partial charge in [0.25, 0.3) is 0 Å². The Morgan fingerprint density at radius 2 is 1.77 bits per heavy atom. The molecule has 5 nitrogen and oxygen atoms in total. The highest BCUT2D eigenvalue weighted by atomic mass is 35.5. The minimum Gasteiger partial charge on any atom is -0.326 e. The second-order valence-electron chi connectivity index (χ2n) is 6.58. The van der Waals surface area contributed by atoms with Crippen LogP contribution >= 0.6 is 35.1 Å². The molecule has 0 fully saturated rings. The quantitative estimate of drug-likeness (QED) is 0.266. The Kier molecular flexibility index (Phi) is 5.60. The van der Waals surface area contributed by atoms with E-state index in [0.717, 1.165) is 23.1 Å². The monoisotopic (exact) mass is 461 g/mol. The summed E-state index contributed by atoms with van der Waals surface area (Å²) in [7, 11) is 0. The van der Waals surface area contributed by atoms with E-state index in [9.17, 15) is 14.0 Å². The molecule has 1 aromatic heterocycles. The number of hydrogen-bond acceptors (Lipinski definition) is 4. The molecular formula is C21H14Cl2FN3O2S. The van der Waals surface area contributed by atoms with Crippen LogP contribution in [0.1, 0.15) is 5.56 Å². The van der Waals surface area contributed by atoms with E-state index in [1.807, 2.05) is 30.3 Å². The molecule has 0 aliphatic carbocycles. The van der Waals surface area contributed by atoms with Crippen molar-refractivity contribution in [1.82, 2.24) is 9.97 Å². The van der Waals surface area contributed by atoms with E-state index in [4.69, 9.17) is 23.2 Å². The standard InChI is InChI=1S/C21H14Cl2FN3O2S/c1-10-7-16-18(26-21(29)20(28)25-16)17(24)19(10)30-27-13-5-6-14(15(23)9-13)11-3-2-4-12(22)8-11/h2-9,27H,1H3,(H,25,28)(H,26,29). The maximum Gasteiger partial charge on any atom is 0.314 e. The molecule has 4 aromatic rings. The number of aromatic amines is 2. The topological polar surface area (TPSA) is 77.8 Å². The fourth-order valence-electron chi connectivity index (χ4n) is 3.03. The van der Waals surface area contributed by atoms with Gasteiger partial charge in [-0.15, -0.1) is 0 Å². The number of H-pyrrole nitrogens is 2. The van der Waals surface area contributed by atoms with E-state index in [2.05, 4.69) is 14.7 Å². The van der Waals surface area contributed by atoms with Crippen LogP contribution in [0.3, 0.4) is 0 Å². The lowest BCUT2D eigenvalue weighted by atomic mass is 10.1. The summed E-state index contributed by atoms with van der Waals surface area (Å²) in [5.41, 5.74) is 1.43. The van der Waals surface area contributed by atoms with E-state index in [1.165, 1.54) is 0 Å². The van der Waals surface area contributed by atoms with Gasteiger partial charge in [-0.2, -0.15) is 0 Å². The van der Waals surface area contributed by atoms with Gasteiger partial charge in [0.1, 0.15) is 5.52 Å². The second-order valence-corrected chi connectivity index (χ2v) is 8.24. The normalized spacial score (nSPS) is 11.1. The lowest BCUT2D eigenvalue weighted by molar-refractivity contribution is 0.608. The van der Waals surface area contributed by atoms with E-state index >= 15 is 0 Å². The van der Waals surface area contributed by atoms with Crippen molar-refractivity contribution in [2.75, 3.05) is 4.72 Å². The molecule has 4 rings (SSSR count). The summed E-state index contributed by atoms with van der Waals surface area (Å²) < 4.78 is 18.0. The molecule has 0 bridgehead atoms. The summed E-state index contributed by atoms with van der Waals surface area (Å²) >= 11 is 13.5. The number of hydrogen-bond donors (Lipinski definition) is 3. The molecule has 0 radical (unpaired) electrons. The average molecular weight is 462 g/mol. The molecule has 0 aliphatic heterocycles. The predicted molar refractivity (Wildman–Crippen MR) is 121 cm³/mol. The Balaban J connectivity index is 1.63. The Bertz CT molecular complexity index is 1400. The minimum atomic E-state index is -0.905. The Labute approximate surface area is 184 Å². The summed E-state index contributed by atoms with van der Waals surface area (Å²) in [4.78, 5) is 28.0. The van der Waals surface area contributed by atoms with Crippen molar-refractivity contribution in [3.8, 4) is 11.1 Å². The molecule has 152 valence electrons. The zero-order valence-electron chi connectivity index (χ0n) is 15.5. The third-order valence-electron chi connectivity index (χ3n) is 4.48. The third kappa shape index (κ3) is 3.96. The molecular weight excluding hydrogens is 448 g/mol. The highest BCUT2D eigenvalue weighted by Crippen LogP contribution is 2.34. The van der Waals surface area contributed by atoms with Gasteiger partial charge in [-0.3, -0.25) is 9.59 Å². The first-order chi connectivity index (χ1) is 14.3. The number of aryl methyl sites for hydroxylation is 1. The minimum absolute atomic E-state index is 0.0520. The number of anilines is 1. The number of nitrogens with one attached hydrogen (secondary N) is 3. The molecule has 3 N–H and O–H groups in total. The summed E-state index contributed by atoms with van der Waals surface area (Å²) in [6, 6.07) is 14.4. The Hall–Kier alpha value is -2.74. The zero-order valence-corrected chi connectivity index (χ0v) is 17.8. The highest BCUT2D eigenvalue weighted by Gasteiger charge is 2.15. The van der Waals surface area contributed by atoms with Gasteiger partial charge in [0.2, 0.25) is 0 Å². The van der Waals surface area contributed by atoms with E-state index in [1.54, 1.807) is 25.1 Å². The lowest BCUT2D eigenvalue weighted by Crippen LogP contribution is -2.29. The van der Waals surface area contributed by atoms with Crippen LogP contribution in [0, 0.1) is 12.7 Å². The van der Waals surface area contributed by atoms with Crippen molar-refractivity contribution < 1.29 is 4.39 Å². The van der Waals surface area contributed by atoms with Crippen LogP contribution in [-0.4, -0.2) is 9.97 Å². The molecule has 0 atom stereocenters. The first kappa shape index (κ1) is 20.5. The highest BCUT2D eigenvalue weighted by molar-refractivity contribution is 8.00. The fraction of sp³-hybridized carbons (Fsp3) is 0.0476. The van der Waals surface area contributed by atoms with E-state index < -0.39 is 16.9 Å². The van der Waals surface area contributed by atoms with Crippen LogP contribution in [0.15, 0.2) is 63.0 Å². The largest absolute Gasteiger partial charge is 0.326 e. The molecule has 1 heterocycles. The molecule has 0 unspecified atom stereocenters. The van der Waals surface area contributed by atoms with Crippen LogP contribution < -0.4 is 15.8 Å². The number of halogens is 3. The van der Waals surface area contributed by atoms with E-state index in [-0.39, 0.29) is 11.0 Å². The summed E-state index contributed by atoms with van der Waals surface area (Å²) in [5, 5.41) is 1.13. The Morgan fingerprint density at radius 1 is 1.00 bits per heavy atom. The summed E-state index contributed by atoms with van der Waals surface area (Å²) in [5.74, 6) is -0.627. The van der Waals surface area contributed by atoms with Gasteiger partial charge in [-0.1, -0.05) is 41.4 Å². The van der Waals surface area contributed by atoms with Gasteiger partial charge in [0, 0.05) is 16.3 Å². The van der Waals surface area contributed by atoms with Crippen molar-refractivity contribution in [3.05, 3.63) is 90.7 Å². The van der Waals surface area contributed by atoms with E-state index in [0.29, 0.717) is 26.2 Å². The first-order valence-corrected chi connectivity index (χ1v) is 10.3. The molecule has 0 spiro atoms. The maximum absolute atomic E-state index is 15.0. The van der Waals surface area contributed by atoms with Gasteiger partial charge in [0.05, 0.1) is 15.4 Å². The van der Waals surface area contributed by atoms with Crippen LogP contribution in [-0.2, 0) is 0 Å². The number of benzene rings is 3. The molecule has 30 heavy (non-hydrogen) atoms. The molecule has 0 aliphatic rings. The van der Waals surface area contributed by atoms with Crippen molar-refractivity contribution in [2.45, 2.75) is 11.8 Å². The van der Waals surface area contributed by atoms with Crippen molar-refractivity contribution in [2.24, 2.45) is 0 Å². The van der Waals surface area contributed by atoms with Crippen molar-refractivity contribution >= 4 is 51.9 Å². The molecule has 3 aromatic carbocycles. The molecule has 0 amide bonds. The van der Waals surface area contributed by atoms with Gasteiger partial charge >= 0.3 is 11.1 Å². The predicted octanol–water partition coefficient (Wildman–Crippen LogP) is 5.76. The van der Waals surface area contributed by atoms with Gasteiger partial charge < -0.3 is 14.7 Å². The average Bonchev–Trinajstić information content (AvgIpc) is 2.69.